The van der Waals surface area contributed by atoms with Crippen molar-refractivity contribution in [1.82, 2.24) is 4.57 Å². The van der Waals surface area contributed by atoms with Gasteiger partial charge in [0.05, 0.1) is 32.4 Å². The summed E-state index contributed by atoms with van der Waals surface area (Å²) in [5, 5.41) is 11.0. The van der Waals surface area contributed by atoms with E-state index in [9.17, 15) is 19.3 Å². The zero-order valence-corrected chi connectivity index (χ0v) is 20.6. The molecule has 0 amide bonds. The maximum Gasteiger partial charge on any atom is 0.433 e. The molecule has 13 heteroatoms. The number of halogens is 3. The minimum absolute atomic E-state index is 0.0809. The van der Waals surface area contributed by atoms with Crippen LogP contribution in [0.4, 0.5) is 10.3 Å². The van der Waals surface area contributed by atoms with Crippen LogP contribution < -0.4 is 24.4 Å². The van der Waals surface area contributed by atoms with Crippen LogP contribution in [-0.4, -0.2) is 16.3 Å². The second-order valence-electron chi connectivity index (χ2n) is 7.97. The Balaban J connectivity index is 1.56. The second kappa shape index (κ2) is 8.87. The molecule has 1 atom stereocenters. The van der Waals surface area contributed by atoms with E-state index in [4.69, 9.17) is 37.1 Å². The number of aromatic nitrogens is 1. The zero-order valence-electron chi connectivity index (χ0n) is 18.3. The summed E-state index contributed by atoms with van der Waals surface area (Å²) >= 11 is 13.3. The van der Waals surface area contributed by atoms with Crippen LogP contribution >= 0.6 is 34.5 Å². The van der Waals surface area contributed by atoms with E-state index < -0.39 is 28.2 Å². The van der Waals surface area contributed by atoms with Crippen molar-refractivity contribution in [3.05, 3.63) is 111 Å². The summed E-state index contributed by atoms with van der Waals surface area (Å²) < 4.78 is 32.1. The van der Waals surface area contributed by atoms with E-state index in [0.717, 1.165) is 11.3 Å². The summed E-state index contributed by atoms with van der Waals surface area (Å²) in [6.07, 6.45) is 3.10. The van der Waals surface area contributed by atoms with Gasteiger partial charge in [-0.3, -0.25) is 19.5 Å². The monoisotopic (exact) mass is 559 g/mol. The molecule has 2 aliphatic heterocycles. The Hall–Kier alpha value is -3.93. The molecule has 0 unspecified atom stereocenters. The van der Waals surface area contributed by atoms with Crippen molar-refractivity contribution in [3.8, 4) is 11.5 Å². The molecular weight excluding hydrogens is 548 g/mol. The second-order valence-corrected chi connectivity index (χ2v) is 9.79. The molecule has 4 aromatic rings. The van der Waals surface area contributed by atoms with E-state index in [2.05, 4.69) is 4.99 Å². The van der Waals surface area contributed by atoms with Gasteiger partial charge in [0.15, 0.2) is 16.3 Å². The molecule has 2 aromatic heterocycles. The molecule has 0 aliphatic carbocycles. The summed E-state index contributed by atoms with van der Waals surface area (Å²) in [7, 11) is 0. The van der Waals surface area contributed by atoms with Gasteiger partial charge in [0.25, 0.3) is 5.56 Å². The molecule has 0 radical (unpaired) electrons. The molecule has 0 fully saturated rings. The van der Waals surface area contributed by atoms with Gasteiger partial charge in [-0.15, -0.1) is 0 Å². The van der Waals surface area contributed by atoms with E-state index in [1.165, 1.54) is 34.9 Å². The lowest BCUT2D eigenvalue weighted by atomic mass is 10.0. The van der Waals surface area contributed by atoms with E-state index in [1.54, 1.807) is 24.3 Å². The molecule has 6 rings (SSSR count). The summed E-state index contributed by atoms with van der Waals surface area (Å²) in [4.78, 5) is 28.7. The van der Waals surface area contributed by atoms with Gasteiger partial charge in [0.2, 0.25) is 6.79 Å². The van der Waals surface area contributed by atoms with E-state index in [1.807, 2.05) is 0 Å². The van der Waals surface area contributed by atoms with Crippen LogP contribution in [0.5, 0.6) is 11.5 Å². The van der Waals surface area contributed by atoms with Gasteiger partial charge in [0, 0.05) is 11.6 Å². The third-order valence-corrected chi connectivity index (χ3v) is 7.32. The highest BCUT2D eigenvalue weighted by molar-refractivity contribution is 7.07. The quantitative estimate of drug-likeness (QED) is 0.204. The maximum absolute atomic E-state index is 14.3. The highest BCUT2D eigenvalue weighted by Gasteiger charge is 2.26. The predicted octanol–water partition coefficient (Wildman–Crippen LogP) is 4.68. The molecule has 0 saturated carbocycles. The van der Waals surface area contributed by atoms with Gasteiger partial charge >= 0.3 is 5.88 Å². The number of allylic oxidation sites excluding steroid dienone is 1. The van der Waals surface area contributed by atoms with Crippen LogP contribution in [0.25, 0.3) is 11.8 Å². The molecule has 186 valence electrons. The highest BCUT2D eigenvalue weighted by atomic mass is 35.5. The molecule has 37 heavy (non-hydrogen) atoms. The van der Waals surface area contributed by atoms with Crippen molar-refractivity contribution < 1.29 is 23.2 Å². The van der Waals surface area contributed by atoms with Crippen LogP contribution in [0.1, 0.15) is 22.9 Å². The van der Waals surface area contributed by atoms with E-state index in [0.29, 0.717) is 33.1 Å². The van der Waals surface area contributed by atoms with Gasteiger partial charge in [-0.2, -0.15) is 0 Å². The van der Waals surface area contributed by atoms with Crippen LogP contribution in [0.2, 0.25) is 10.0 Å². The lowest BCUT2D eigenvalue weighted by molar-refractivity contribution is -0.402. The Morgan fingerprint density at radius 2 is 1.95 bits per heavy atom. The highest BCUT2D eigenvalue weighted by Crippen LogP contribution is 2.37. The number of hydrogen-bond donors (Lipinski definition) is 0. The number of furan rings is 1. The number of hydrogen-bond acceptors (Lipinski definition) is 8. The van der Waals surface area contributed by atoms with Crippen LogP contribution in [0, 0.1) is 15.9 Å². The lowest BCUT2D eigenvalue weighted by Gasteiger charge is -2.20. The third-order valence-electron chi connectivity index (χ3n) is 5.74. The topological polar surface area (TPSA) is 109 Å². The molecule has 0 bridgehead atoms. The van der Waals surface area contributed by atoms with Crippen molar-refractivity contribution in [2.75, 3.05) is 6.79 Å². The van der Waals surface area contributed by atoms with Crippen molar-refractivity contribution in [2.45, 2.75) is 6.04 Å². The summed E-state index contributed by atoms with van der Waals surface area (Å²) in [6.45, 7) is 0.0809. The van der Waals surface area contributed by atoms with Gasteiger partial charge in [-0.25, -0.2) is 9.38 Å². The van der Waals surface area contributed by atoms with Crippen molar-refractivity contribution in [2.24, 2.45) is 4.99 Å². The van der Waals surface area contributed by atoms with Crippen LogP contribution in [0.3, 0.4) is 0 Å². The summed E-state index contributed by atoms with van der Waals surface area (Å²) in [5.74, 6) is 0.115. The minimum atomic E-state index is -0.667. The normalized spacial score (nSPS) is 16.4. The average molecular weight is 560 g/mol. The Morgan fingerprint density at radius 1 is 1.14 bits per heavy atom. The van der Waals surface area contributed by atoms with E-state index in [-0.39, 0.29) is 27.1 Å². The maximum atomic E-state index is 14.3. The molecule has 9 nitrogen and oxygen atoms in total. The predicted molar refractivity (Wildman–Crippen MR) is 133 cm³/mol. The molecule has 2 aliphatic rings. The number of ether oxygens (including phenoxy) is 2. The van der Waals surface area contributed by atoms with Crippen LogP contribution in [0.15, 0.2) is 62.7 Å². The zero-order chi connectivity index (χ0) is 25.8. The standard InChI is InChI=1S/C24H12Cl2FN3O6S/c25-14-8-15(26)16(27)7-13(14)17-9-18(11-1-3-19-20(5-11)35-10-34-19)29-23(31)21(37-24(29)28-17)6-12-2-4-22(36-12)30(32)33/h1-9,18H,10H2/t18-/m1/s1. The first-order valence-electron chi connectivity index (χ1n) is 10.6. The number of nitrogens with zero attached hydrogens (tertiary/aromatic N) is 3. The van der Waals surface area contributed by atoms with Gasteiger partial charge in [-0.1, -0.05) is 40.6 Å². The first kappa shape index (κ1) is 23.5. The molecule has 0 spiro atoms. The first-order chi connectivity index (χ1) is 17.8. The average Bonchev–Trinajstić information content (AvgIpc) is 3.60. The summed E-state index contributed by atoms with van der Waals surface area (Å²) in [6, 6.07) is 9.69. The van der Waals surface area contributed by atoms with Crippen molar-refractivity contribution >= 4 is 52.2 Å². The van der Waals surface area contributed by atoms with Gasteiger partial charge in [0.1, 0.15) is 16.5 Å². The Morgan fingerprint density at radius 3 is 2.73 bits per heavy atom. The number of rotatable bonds is 4. The van der Waals surface area contributed by atoms with Gasteiger partial charge < -0.3 is 13.9 Å². The molecule has 0 saturated heterocycles. The van der Waals surface area contributed by atoms with Crippen LogP contribution in [-0.2, 0) is 0 Å². The Labute approximate surface area is 220 Å². The SMILES string of the molecule is O=c1c(=Cc2ccc([N+](=O)[O-])o2)sc2n1[C@@H](c1ccc3c(c1)OCO3)C=C(c1cc(F)c(Cl)cc1Cl)N=2. The summed E-state index contributed by atoms with van der Waals surface area (Å²) in [5.41, 5.74) is 0.927. The Kier molecular flexibility index (Phi) is 5.63. The van der Waals surface area contributed by atoms with Crippen molar-refractivity contribution in [1.29, 1.82) is 0 Å². The Bertz CT molecular complexity index is 1830. The van der Waals surface area contributed by atoms with E-state index >= 15 is 0 Å². The fraction of sp³-hybridized carbons (Fsp3) is 0.0833. The molecule has 4 heterocycles. The largest absolute Gasteiger partial charge is 0.454 e. The third kappa shape index (κ3) is 4.10. The number of benzene rings is 2. The lowest BCUT2D eigenvalue weighted by Crippen LogP contribution is -2.36. The fourth-order valence-electron chi connectivity index (χ4n) is 4.03. The first-order valence-corrected chi connectivity index (χ1v) is 12.2. The van der Waals surface area contributed by atoms with Gasteiger partial charge in [-0.05, 0) is 42.0 Å². The molecular formula is C24H12Cl2FN3O6S. The number of fused-ring (bicyclic) bond motifs is 2. The van der Waals surface area contributed by atoms with Crippen molar-refractivity contribution in [3.63, 3.8) is 0 Å². The number of nitro groups is 1. The minimum Gasteiger partial charge on any atom is -0.454 e. The smallest absolute Gasteiger partial charge is 0.433 e. The fourth-order valence-corrected chi connectivity index (χ4v) is 5.51. The number of thiazole rings is 1. The molecule has 0 N–H and O–H groups in total. The molecule has 2 aromatic carbocycles.